The zero-order valence-corrected chi connectivity index (χ0v) is 17.1. The Balaban J connectivity index is 1.41. The number of hydrogen-bond donors (Lipinski definition) is 0. The van der Waals surface area contributed by atoms with Gasteiger partial charge in [0.05, 0.1) is 12.5 Å². The van der Waals surface area contributed by atoms with Gasteiger partial charge in [0.25, 0.3) is 0 Å². The molecule has 2 aliphatic heterocycles. The number of para-hydroxylation sites is 2. The average Bonchev–Trinajstić information content (AvgIpc) is 2.79. The summed E-state index contributed by atoms with van der Waals surface area (Å²) in [5.41, 5.74) is 1.81. The molecule has 6 heteroatoms. The smallest absolute Gasteiger partial charge is 0.234 e. The number of fused-ring (bicyclic) bond motifs is 2. The Morgan fingerprint density at radius 3 is 2.47 bits per heavy atom. The molecular weight excluding hydrogens is 400 g/mol. The van der Waals surface area contributed by atoms with Crippen LogP contribution >= 0.6 is 11.6 Å². The Morgan fingerprint density at radius 1 is 1.07 bits per heavy atom. The molecule has 0 saturated carbocycles. The van der Waals surface area contributed by atoms with Gasteiger partial charge in [0.1, 0.15) is 28.4 Å². The van der Waals surface area contributed by atoms with E-state index in [1.165, 1.54) is 0 Å². The lowest BCUT2D eigenvalue weighted by molar-refractivity contribution is -0.134. The summed E-state index contributed by atoms with van der Waals surface area (Å²) in [5.74, 6) is 1.78. The van der Waals surface area contributed by atoms with Crippen LogP contribution in [0.15, 0.2) is 67.0 Å². The van der Waals surface area contributed by atoms with Gasteiger partial charge in [-0.15, -0.1) is 0 Å². The summed E-state index contributed by atoms with van der Waals surface area (Å²) in [6.07, 6.45) is 4.88. The van der Waals surface area contributed by atoms with E-state index >= 15 is 0 Å². The normalized spacial score (nSPS) is 18.2. The van der Waals surface area contributed by atoms with E-state index in [1.807, 2.05) is 53.4 Å². The number of pyridine rings is 1. The van der Waals surface area contributed by atoms with Gasteiger partial charge < -0.3 is 14.4 Å². The first-order valence-electron chi connectivity index (χ1n) is 10.1. The third kappa shape index (κ3) is 3.50. The number of benzene rings is 2. The molecule has 1 amide bonds. The van der Waals surface area contributed by atoms with Gasteiger partial charge in [-0.25, -0.2) is 0 Å². The van der Waals surface area contributed by atoms with E-state index in [0.29, 0.717) is 23.9 Å². The highest BCUT2D eigenvalue weighted by Crippen LogP contribution is 2.44. The van der Waals surface area contributed by atoms with Gasteiger partial charge in [-0.2, -0.15) is 0 Å². The number of amides is 1. The number of carbonyl (C=O) groups excluding carboxylic acids is 1. The van der Waals surface area contributed by atoms with Crippen LogP contribution in [0.2, 0.25) is 5.02 Å². The molecule has 1 aromatic heterocycles. The van der Waals surface area contributed by atoms with Gasteiger partial charge in [-0.3, -0.25) is 9.78 Å². The second kappa shape index (κ2) is 8.00. The molecule has 0 aliphatic carbocycles. The number of halogens is 1. The monoisotopic (exact) mass is 420 g/mol. The second-order valence-electron chi connectivity index (χ2n) is 7.58. The minimum absolute atomic E-state index is 0.0762. The molecule has 3 heterocycles. The Kier molecular flexibility index (Phi) is 5.05. The largest absolute Gasteiger partial charge is 0.487 e. The quantitative estimate of drug-likeness (QED) is 0.595. The third-order valence-electron chi connectivity index (χ3n) is 5.65. The molecule has 5 rings (SSSR count). The molecule has 1 saturated heterocycles. The van der Waals surface area contributed by atoms with Gasteiger partial charge in [-0.1, -0.05) is 48.0 Å². The molecule has 3 aromatic rings. The number of carbonyl (C=O) groups is 1. The lowest BCUT2D eigenvalue weighted by Gasteiger charge is -2.37. The van der Waals surface area contributed by atoms with Crippen LogP contribution in [0, 0.1) is 0 Å². The standard InChI is InChI=1S/C24H21ClN2O3/c25-19-14-26-12-11-22(19)29-16-6-5-13-27(15-16)24(28)23-17-7-1-3-9-20(17)30-21-10-4-2-8-18(21)23/h1-4,7-12,14,16,23H,5-6,13,15H2/t16-/m0/s1. The summed E-state index contributed by atoms with van der Waals surface area (Å²) in [4.78, 5) is 19.6. The fourth-order valence-corrected chi connectivity index (χ4v) is 4.39. The summed E-state index contributed by atoms with van der Waals surface area (Å²) in [7, 11) is 0. The SMILES string of the molecule is O=C(C1c2ccccc2Oc2ccccc21)N1CCC[C@H](Oc2ccncc2Cl)C1. The van der Waals surface area contributed by atoms with Crippen molar-refractivity contribution in [3.8, 4) is 17.2 Å². The molecule has 0 bridgehead atoms. The van der Waals surface area contributed by atoms with Gasteiger partial charge in [0.15, 0.2) is 0 Å². The maximum atomic E-state index is 13.7. The van der Waals surface area contributed by atoms with E-state index < -0.39 is 0 Å². The maximum absolute atomic E-state index is 13.7. The summed E-state index contributed by atoms with van der Waals surface area (Å²) in [5, 5.41) is 0.480. The van der Waals surface area contributed by atoms with Crippen LogP contribution in [0.5, 0.6) is 17.2 Å². The van der Waals surface area contributed by atoms with Gasteiger partial charge >= 0.3 is 0 Å². The molecule has 2 aliphatic rings. The van der Waals surface area contributed by atoms with Gasteiger partial charge in [0, 0.05) is 36.1 Å². The lowest BCUT2D eigenvalue weighted by atomic mass is 9.86. The number of nitrogens with zero attached hydrogens (tertiary/aromatic N) is 2. The number of likely N-dealkylation sites (tertiary alicyclic amines) is 1. The Bertz CT molecular complexity index is 1040. The molecule has 5 nitrogen and oxygen atoms in total. The molecular formula is C24H21ClN2O3. The van der Waals surface area contributed by atoms with Crippen molar-refractivity contribution in [3.05, 3.63) is 83.1 Å². The maximum Gasteiger partial charge on any atom is 0.234 e. The van der Waals surface area contributed by atoms with Crippen molar-refractivity contribution in [2.75, 3.05) is 13.1 Å². The van der Waals surface area contributed by atoms with Crippen molar-refractivity contribution in [3.63, 3.8) is 0 Å². The minimum Gasteiger partial charge on any atom is -0.487 e. The van der Waals surface area contributed by atoms with Crippen molar-refractivity contribution < 1.29 is 14.3 Å². The highest BCUT2D eigenvalue weighted by Gasteiger charge is 2.37. The topological polar surface area (TPSA) is 51.7 Å². The van der Waals surface area contributed by atoms with Crippen molar-refractivity contribution in [2.45, 2.75) is 24.9 Å². The summed E-state index contributed by atoms with van der Waals surface area (Å²) < 4.78 is 12.1. The fraction of sp³-hybridized carbons (Fsp3) is 0.250. The number of rotatable bonds is 3. The van der Waals surface area contributed by atoms with Crippen molar-refractivity contribution in [1.29, 1.82) is 0 Å². The minimum atomic E-state index is -0.380. The van der Waals surface area contributed by atoms with E-state index in [0.717, 1.165) is 35.5 Å². The molecule has 0 spiro atoms. The fourth-order valence-electron chi connectivity index (χ4n) is 4.23. The van der Waals surface area contributed by atoms with Crippen molar-refractivity contribution in [2.24, 2.45) is 0 Å². The van der Waals surface area contributed by atoms with Crippen LogP contribution in [0.25, 0.3) is 0 Å². The van der Waals surface area contributed by atoms with Gasteiger partial charge in [0.2, 0.25) is 5.91 Å². The van der Waals surface area contributed by atoms with Crippen molar-refractivity contribution >= 4 is 17.5 Å². The predicted octanol–water partition coefficient (Wildman–Crippen LogP) is 5.04. The number of hydrogen-bond acceptors (Lipinski definition) is 4. The summed E-state index contributed by atoms with van der Waals surface area (Å²) >= 11 is 6.19. The highest BCUT2D eigenvalue weighted by atomic mass is 35.5. The predicted molar refractivity (Wildman–Crippen MR) is 114 cm³/mol. The molecule has 2 aromatic carbocycles. The zero-order valence-electron chi connectivity index (χ0n) is 16.3. The number of aromatic nitrogens is 1. The first-order valence-corrected chi connectivity index (χ1v) is 10.5. The van der Waals surface area contributed by atoms with E-state index in [9.17, 15) is 4.79 Å². The van der Waals surface area contributed by atoms with Crippen LogP contribution in [0.3, 0.4) is 0 Å². The van der Waals surface area contributed by atoms with Crippen LogP contribution in [-0.4, -0.2) is 35.0 Å². The Hall–Kier alpha value is -3.05. The Labute approximate surface area is 180 Å². The zero-order chi connectivity index (χ0) is 20.5. The molecule has 152 valence electrons. The third-order valence-corrected chi connectivity index (χ3v) is 5.93. The lowest BCUT2D eigenvalue weighted by Crippen LogP contribution is -2.46. The molecule has 0 N–H and O–H groups in total. The van der Waals surface area contributed by atoms with E-state index in [-0.39, 0.29) is 17.9 Å². The first kappa shape index (κ1) is 18.9. The molecule has 0 radical (unpaired) electrons. The molecule has 0 unspecified atom stereocenters. The highest BCUT2D eigenvalue weighted by molar-refractivity contribution is 6.31. The summed E-state index contributed by atoms with van der Waals surface area (Å²) in [6.45, 7) is 1.24. The average molecular weight is 421 g/mol. The van der Waals surface area contributed by atoms with E-state index in [2.05, 4.69) is 4.98 Å². The van der Waals surface area contributed by atoms with E-state index in [1.54, 1.807) is 18.5 Å². The molecule has 30 heavy (non-hydrogen) atoms. The van der Waals surface area contributed by atoms with Crippen molar-refractivity contribution in [1.82, 2.24) is 9.88 Å². The Morgan fingerprint density at radius 2 is 1.77 bits per heavy atom. The van der Waals surface area contributed by atoms with Crippen LogP contribution in [0.4, 0.5) is 0 Å². The van der Waals surface area contributed by atoms with Crippen LogP contribution < -0.4 is 9.47 Å². The number of ether oxygens (including phenoxy) is 2. The van der Waals surface area contributed by atoms with Crippen LogP contribution in [-0.2, 0) is 4.79 Å². The summed E-state index contributed by atoms with van der Waals surface area (Å²) in [6, 6.07) is 17.3. The molecule has 1 atom stereocenters. The van der Waals surface area contributed by atoms with Gasteiger partial charge in [-0.05, 0) is 25.0 Å². The molecule has 1 fully saturated rings. The van der Waals surface area contributed by atoms with E-state index in [4.69, 9.17) is 21.1 Å². The second-order valence-corrected chi connectivity index (χ2v) is 7.99. The van der Waals surface area contributed by atoms with Crippen LogP contribution in [0.1, 0.15) is 29.9 Å². The first-order chi connectivity index (χ1) is 14.7. The number of piperidine rings is 1.